The van der Waals surface area contributed by atoms with Gasteiger partial charge in [0.25, 0.3) is 0 Å². The first-order valence-electron chi connectivity index (χ1n) is 17.8. The smallest absolute Gasteiger partial charge is 0.306 e. The summed E-state index contributed by atoms with van der Waals surface area (Å²) in [5.41, 5.74) is 0. The van der Waals surface area contributed by atoms with Gasteiger partial charge in [-0.3, -0.25) is 9.59 Å². The molecular formula is C37H62O10. The Kier molecular flexibility index (Phi) is 26.0. The number of aliphatic hydroxyl groups is 4. The van der Waals surface area contributed by atoms with Gasteiger partial charge in [-0.2, -0.15) is 0 Å². The lowest BCUT2D eigenvalue weighted by molar-refractivity contribution is -0.305. The van der Waals surface area contributed by atoms with E-state index in [9.17, 15) is 30.0 Å². The molecule has 0 saturated carbocycles. The fourth-order valence-electron chi connectivity index (χ4n) is 4.96. The molecule has 1 rings (SSSR count). The normalized spacial score (nSPS) is 22.6. The van der Waals surface area contributed by atoms with E-state index in [1.807, 2.05) is 36.5 Å². The molecule has 0 amide bonds. The Morgan fingerprint density at radius 3 is 1.89 bits per heavy atom. The van der Waals surface area contributed by atoms with Gasteiger partial charge >= 0.3 is 11.9 Å². The minimum absolute atomic E-state index is 0.183. The number of hydrogen-bond donors (Lipinski definition) is 4. The number of esters is 2. The Morgan fingerprint density at radius 1 is 0.681 bits per heavy atom. The third-order valence-corrected chi connectivity index (χ3v) is 7.82. The number of ether oxygens (including phenoxy) is 4. The summed E-state index contributed by atoms with van der Waals surface area (Å²) in [5.74, 6) is -0.862. The van der Waals surface area contributed by atoms with Crippen molar-refractivity contribution in [3.8, 4) is 0 Å². The molecule has 1 heterocycles. The Balaban J connectivity index is 2.48. The zero-order valence-corrected chi connectivity index (χ0v) is 28.8. The molecule has 0 aromatic carbocycles. The number of rotatable bonds is 27. The molecule has 0 aliphatic carbocycles. The molecule has 1 aliphatic rings. The number of carbonyl (C=O) groups excluding carboxylic acids is 2. The first kappa shape index (κ1) is 42.7. The molecule has 270 valence electrons. The van der Waals surface area contributed by atoms with Crippen LogP contribution in [-0.4, -0.2) is 89.0 Å². The fourth-order valence-corrected chi connectivity index (χ4v) is 4.96. The zero-order valence-electron chi connectivity index (χ0n) is 28.8. The lowest BCUT2D eigenvalue weighted by Crippen LogP contribution is -2.59. The highest BCUT2D eigenvalue weighted by atomic mass is 16.7. The minimum Gasteiger partial charge on any atom is -0.462 e. The lowest BCUT2D eigenvalue weighted by atomic mass is 9.99. The minimum atomic E-state index is -1.60. The SMILES string of the molecule is CC/C=C/C=C/C=C/C=C/CCCCCC(=O)OC(COC(=O)CCCCCCCCCCC)CO[C@@H]1O[C@H](CO)[C@H](O)C(O)C1O. The van der Waals surface area contributed by atoms with Crippen LogP contribution < -0.4 is 0 Å². The zero-order chi connectivity index (χ0) is 34.5. The number of allylic oxidation sites excluding steroid dienone is 8. The van der Waals surface area contributed by atoms with Crippen molar-refractivity contribution in [2.75, 3.05) is 19.8 Å². The molecular weight excluding hydrogens is 604 g/mol. The number of carbonyl (C=O) groups is 2. The van der Waals surface area contributed by atoms with Gasteiger partial charge in [-0.15, -0.1) is 0 Å². The maximum absolute atomic E-state index is 12.6. The molecule has 3 unspecified atom stereocenters. The summed E-state index contributed by atoms with van der Waals surface area (Å²) in [6.07, 6.45) is 22.8. The summed E-state index contributed by atoms with van der Waals surface area (Å²) in [6, 6.07) is 0. The summed E-state index contributed by atoms with van der Waals surface area (Å²) in [5, 5.41) is 39.8. The van der Waals surface area contributed by atoms with E-state index in [1.54, 1.807) is 0 Å². The first-order valence-corrected chi connectivity index (χ1v) is 17.8. The second-order valence-corrected chi connectivity index (χ2v) is 12.0. The van der Waals surface area contributed by atoms with Crippen molar-refractivity contribution in [2.24, 2.45) is 0 Å². The summed E-state index contributed by atoms with van der Waals surface area (Å²) < 4.78 is 21.9. The van der Waals surface area contributed by atoms with Crippen molar-refractivity contribution in [2.45, 2.75) is 153 Å². The van der Waals surface area contributed by atoms with E-state index in [4.69, 9.17) is 18.9 Å². The van der Waals surface area contributed by atoms with Gasteiger partial charge in [0.1, 0.15) is 31.0 Å². The number of unbranched alkanes of at least 4 members (excludes halogenated alkanes) is 11. The van der Waals surface area contributed by atoms with Crippen LogP contribution in [-0.2, 0) is 28.5 Å². The molecule has 0 aromatic rings. The number of aliphatic hydroxyl groups excluding tert-OH is 4. The molecule has 1 aliphatic heterocycles. The Hall–Kier alpha value is -2.34. The van der Waals surface area contributed by atoms with Gasteiger partial charge in [0.15, 0.2) is 12.4 Å². The summed E-state index contributed by atoms with van der Waals surface area (Å²) in [7, 11) is 0. The van der Waals surface area contributed by atoms with Crippen molar-refractivity contribution in [1.29, 1.82) is 0 Å². The predicted molar refractivity (Wildman–Crippen MR) is 182 cm³/mol. The van der Waals surface area contributed by atoms with Gasteiger partial charge in [0, 0.05) is 12.8 Å². The highest BCUT2D eigenvalue weighted by Crippen LogP contribution is 2.22. The maximum Gasteiger partial charge on any atom is 0.306 e. The highest BCUT2D eigenvalue weighted by Gasteiger charge is 2.44. The van der Waals surface area contributed by atoms with Gasteiger partial charge in [0.05, 0.1) is 13.2 Å². The lowest BCUT2D eigenvalue weighted by Gasteiger charge is -2.39. The predicted octanol–water partition coefficient (Wildman–Crippen LogP) is 5.76. The molecule has 0 bridgehead atoms. The van der Waals surface area contributed by atoms with E-state index in [-0.39, 0.29) is 26.1 Å². The van der Waals surface area contributed by atoms with Gasteiger partial charge in [-0.1, -0.05) is 120 Å². The molecule has 1 fully saturated rings. The van der Waals surface area contributed by atoms with Crippen molar-refractivity contribution < 1.29 is 49.0 Å². The van der Waals surface area contributed by atoms with Crippen molar-refractivity contribution in [3.63, 3.8) is 0 Å². The standard InChI is InChI=1S/C37H62O10/c1-3-5-7-9-11-13-14-15-16-18-20-22-24-26-33(40)46-30(29-45-37-36(43)35(42)34(41)31(27-38)47-37)28-44-32(39)25-23-21-19-17-12-10-8-6-4-2/h5,7,9,11,13-16,30-31,34-38,41-43H,3-4,6,8,10,12,17-29H2,1-2H3/b7-5+,11-9+,14-13+,16-15+/t30?,31-,34+,35?,36?,37-/m1/s1. The molecule has 6 atom stereocenters. The molecule has 47 heavy (non-hydrogen) atoms. The number of hydrogen-bond acceptors (Lipinski definition) is 10. The van der Waals surface area contributed by atoms with E-state index < -0.39 is 55.4 Å². The van der Waals surface area contributed by atoms with Crippen molar-refractivity contribution in [3.05, 3.63) is 48.6 Å². The summed E-state index contributed by atoms with van der Waals surface area (Å²) in [6.45, 7) is 3.17. The molecule has 10 nitrogen and oxygen atoms in total. The van der Waals surface area contributed by atoms with Gasteiger partial charge in [-0.05, 0) is 32.1 Å². The second kappa shape index (κ2) is 28.7. The monoisotopic (exact) mass is 666 g/mol. The van der Waals surface area contributed by atoms with E-state index in [0.29, 0.717) is 6.42 Å². The van der Waals surface area contributed by atoms with Crippen LogP contribution in [0.2, 0.25) is 0 Å². The van der Waals surface area contributed by atoms with Crippen LogP contribution in [0.3, 0.4) is 0 Å². The van der Waals surface area contributed by atoms with Crippen LogP contribution in [0.15, 0.2) is 48.6 Å². The maximum atomic E-state index is 12.6. The molecule has 0 spiro atoms. The first-order chi connectivity index (χ1) is 22.8. The van der Waals surface area contributed by atoms with Gasteiger partial charge in [0.2, 0.25) is 0 Å². The van der Waals surface area contributed by atoms with Crippen LogP contribution >= 0.6 is 0 Å². The molecule has 10 heteroatoms. The largest absolute Gasteiger partial charge is 0.462 e. The topological polar surface area (TPSA) is 152 Å². The average Bonchev–Trinajstić information content (AvgIpc) is 3.06. The van der Waals surface area contributed by atoms with Gasteiger partial charge in [-0.25, -0.2) is 0 Å². The van der Waals surface area contributed by atoms with Crippen LogP contribution in [0.1, 0.15) is 117 Å². The summed E-state index contributed by atoms with van der Waals surface area (Å²) >= 11 is 0. The third kappa shape index (κ3) is 21.3. The quantitative estimate of drug-likeness (QED) is 0.0484. The second-order valence-electron chi connectivity index (χ2n) is 12.0. The molecule has 1 saturated heterocycles. The van der Waals surface area contributed by atoms with Crippen LogP contribution in [0, 0.1) is 0 Å². The molecule has 4 N–H and O–H groups in total. The average molecular weight is 667 g/mol. The Bertz CT molecular complexity index is 913. The highest BCUT2D eigenvalue weighted by molar-refractivity contribution is 5.70. The fraction of sp³-hybridized carbons (Fsp3) is 0.730. The van der Waals surface area contributed by atoms with E-state index in [0.717, 1.165) is 51.4 Å². The third-order valence-electron chi connectivity index (χ3n) is 7.82. The van der Waals surface area contributed by atoms with Crippen LogP contribution in [0.5, 0.6) is 0 Å². The van der Waals surface area contributed by atoms with Crippen LogP contribution in [0.4, 0.5) is 0 Å². The Morgan fingerprint density at radius 2 is 1.26 bits per heavy atom. The Labute approximate surface area is 282 Å². The van der Waals surface area contributed by atoms with E-state index in [2.05, 4.69) is 26.0 Å². The van der Waals surface area contributed by atoms with Gasteiger partial charge < -0.3 is 39.4 Å². The van der Waals surface area contributed by atoms with E-state index in [1.165, 1.54) is 32.1 Å². The summed E-state index contributed by atoms with van der Waals surface area (Å²) in [4.78, 5) is 25.0. The van der Waals surface area contributed by atoms with E-state index >= 15 is 0 Å². The molecule has 0 radical (unpaired) electrons. The van der Waals surface area contributed by atoms with Crippen molar-refractivity contribution >= 4 is 11.9 Å². The van der Waals surface area contributed by atoms with Crippen LogP contribution in [0.25, 0.3) is 0 Å². The molecule has 0 aromatic heterocycles. The van der Waals surface area contributed by atoms with Crippen molar-refractivity contribution in [1.82, 2.24) is 0 Å².